The Morgan fingerprint density at radius 3 is 2.75 bits per heavy atom. The third kappa shape index (κ3) is 8.50. The van der Waals surface area contributed by atoms with Crippen LogP contribution in [0.4, 0.5) is 0 Å². The van der Waals surface area contributed by atoms with Gasteiger partial charge in [0.25, 0.3) is 0 Å². The maximum atomic E-state index is 6.13. The van der Waals surface area contributed by atoms with Crippen LogP contribution in [0.1, 0.15) is 18.4 Å². The quantitative estimate of drug-likeness (QED) is 0.267. The summed E-state index contributed by atoms with van der Waals surface area (Å²) in [6.45, 7) is 6.42. The van der Waals surface area contributed by atoms with Crippen LogP contribution in [0.5, 0.6) is 0 Å². The summed E-state index contributed by atoms with van der Waals surface area (Å²) in [5, 5.41) is 4.00. The monoisotopic (exact) mass is 466 g/mol. The predicted octanol–water partition coefficient (Wildman–Crippen LogP) is 2.52. The van der Waals surface area contributed by atoms with E-state index in [4.69, 9.17) is 22.1 Å². The topological polar surface area (TPSA) is 62.9 Å². The highest BCUT2D eigenvalue weighted by Crippen LogP contribution is 2.16. The first kappa shape index (κ1) is 21.5. The largest absolute Gasteiger partial charge is 0.379 e. The number of ether oxygens (including phenoxy) is 1. The standard InChI is InChI=1S/C17H27ClN4O.HI/c18-16-7-2-1-5-15(16)6-3-8-20-17(19)21-9-4-10-22-11-13-23-14-12-22;/h1-2,5,7H,3-4,6,8-14H2,(H3,19,20,21);1H. The molecule has 1 saturated heterocycles. The Hall–Kier alpha value is -0.570. The fourth-order valence-corrected chi connectivity index (χ4v) is 2.80. The summed E-state index contributed by atoms with van der Waals surface area (Å²) in [6, 6.07) is 7.93. The number of nitrogens with two attached hydrogens (primary N) is 1. The van der Waals surface area contributed by atoms with E-state index in [0.717, 1.165) is 63.7 Å². The van der Waals surface area contributed by atoms with Gasteiger partial charge in [-0.3, -0.25) is 9.89 Å². The number of aliphatic imine (C=N–C) groups is 1. The smallest absolute Gasteiger partial charge is 0.188 e. The molecule has 5 nitrogen and oxygen atoms in total. The van der Waals surface area contributed by atoms with E-state index in [9.17, 15) is 0 Å². The molecule has 136 valence electrons. The summed E-state index contributed by atoms with van der Waals surface area (Å²) in [7, 11) is 0. The lowest BCUT2D eigenvalue weighted by molar-refractivity contribution is 0.0376. The summed E-state index contributed by atoms with van der Waals surface area (Å²) in [4.78, 5) is 6.78. The molecule has 0 spiro atoms. The van der Waals surface area contributed by atoms with Gasteiger partial charge in [0.2, 0.25) is 0 Å². The Bertz CT molecular complexity index is 495. The van der Waals surface area contributed by atoms with E-state index in [-0.39, 0.29) is 24.0 Å². The number of benzene rings is 1. The fraction of sp³-hybridized carbons (Fsp3) is 0.588. The number of aryl methyl sites for hydroxylation is 1. The molecule has 0 amide bonds. The Morgan fingerprint density at radius 2 is 2.00 bits per heavy atom. The van der Waals surface area contributed by atoms with Gasteiger partial charge >= 0.3 is 0 Å². The van der Waals surface area contributed by atoms with Crippen LogP contribution >= 0.6 is 35.6 Å². The molecule has 3 N–H and O–H groups in total. The van der Waals surface area contributed by atoms with Gasteiger partial charge in [0, 0.05) is 31.2 Å². The first-order valence-corrected chi connectivity index (χ1v) is 8.71. The molecule has 1 aromatic carbocycles. The zero-order valence-electron chi connectivity index (χ0n) is 14.0. The van der Waals surface area contributed by atoms with E-state index in [1.54, 1.807) is 0 Å². The fourth-order valence-electron chi connectivity index (χ4n) is 2.57. The second-order valence-corrected chi connectivity index (χ2v) is 6.10. The minimum atomic E-state index is 0. The van der Waals surface area contributed by atoms with Crippen molar-refractivity contribution in [1.29, 1.82) is 0 Å². The molecule has 1 heterocycles. The first-order chi connectivity index (χ1) is 11.3. The van der Waals surface area contributed by atoms with E-state index < -0.39 is 0 Å². The molecule has 1 aromatic rings. The van der Waals surface area contributed by atoms with Gasteiger partial charge in [0.15, 0.2) is 5.96 Å². The molecule has 2 rings (SSSR count). The maximum Gasteiger partial charge on any atom is 0.188 e. The van der Waals surface area contributed by atoms with Crippen molar-refractivity contribution < 1.29 is 4.74 Å². The number of hydrogen-bond acceptors (Lipinski definition) is 3. The van der Waals surface area contributed by atoms with Crippen molar-refractivity contribution in [3.63, 3.8) is 0 Å². The number of nitrogens with zero attached hydrogens (tertiary/aromatic N) is 2. The van der Waals surface area contributed by atoms with Crippen LogP contribution in [-0.4, -0.2) is 56.8 Å². The van der Waals surface area contributed by atoms with Crippen molar-refractivity contribution in [2.45, 2.75) is 19.3 Å². The highest BCUT2D eigenvalue weighted by molar-refractivity contribution is 14.0. The predicted molar refractivity (Wildman–Crippen MR) is 112 cm³/mol. The Morgan fingerprint density at radius 1 is 1.25 bits per heavy atom. The molecule has 0 atom stereocenters. The van der Waals surface area contributed by atoms with E-state index >= 15 is 0 Å². The molecular weight excluding hydrogens is 439 g/mol. The Balaban J connectivity index is 0.00000288. The zero-order chi connectivity index (χ0) is 16.3. The van der Waals surface area contributed by atoms with Crippen LogP contribution in [-0.2, 0) is 11.2 Å². The number of rotatable bonds is 8. The highest BCUT2D eigenvalue weighted by Gasteiger charge is 2.08. The van der Waals surface area contributed by atoms with Crippen LogP contribution < -0.4 is 11.1 Å². The van der Waals surface area contributed by atoms with Crippen molar-refractivity contribution in [2.75, 3.05) is 45.9 Å². The van der Waals surface area contributed by atoms with Gasteiger partial charge in [-0.2, -0.15) is 0 Å². The molecule has 1 fully saturated rings. The van der Waals surface area contributed by atoms with Crippen molar-refractivity contribution in [3.05, 3.63) is 34.9 Å². The second kappa shape index (κ2) is 12.7. The maximum absolute atomic E-state index is 6.13. The van der Waals surface area contributed by atoms with E-state index in [1.807, 2.05) is 18.2 Å². The summed E-state index contributed by atoms with van der Waals surface area (Å²) in [5.41, 5.74) is 7.05. The summed E-state index contributed by atoms with van der Waals surface area (Å²) in [5.74, 6) is 0.533. The van der Waals surface area contributed by atoms with Crippen molar-refractivity contribution in [3.8, 4) is 0 Å². The third-order valence-electron chi connectivity index (χ3n) is 3.91. The lowest BCUT2D eigenvalue weighted by atomic mass is 10.1. The highest BCUT2D eigenvalue weighted by atomic mass is 127. The summed E-state index contributed by atoms with van der Waals surface area (Å²) >= 11 is 6.13. The van der Waals surface area contributed by atoms with Crippen LogP contribution in [0.3, 0.4) is 0 Å². The van der Waals surface area contributed by atoms with Crippen molar-refractivity contribution in [2.24, 2.45) is 10.7 Å². The normalized spacial score (nSPS) is 15.8. The van der Waals surface area contributed by atoms with Gasteiger partial charge in [-0.25, -0.2) is 0 Å². The lowest BCUT2D eigenvalue weighted by Gasteiger charge is -2.26. The van der Waals surface area contributed by atoms with Crippen molar-refractivity contribution >= 4 is 41.5 Å². The molecular formula is C17H28ClIN4O. The van der Waals surface area contributed by atoms with Gasteiger partial charge in [0.1, 0.15) is 0 Å². The van der Waals surface area contributed by atoms with E-state index in [0.29, 0.717) is 12.5 Å². The molecule has 24 heavy (non-hydrogen) atoms. The number of morpholine rings is 1. The minimum Gasteiger partial charge on any atom is -0.379 e. The van der Waals surface area contributed by atoms with Gasteiger partial charge < -0.3 is 15.8 Å². The summed E-state index contributed by atoms with van der Waals surface area (Å²) < 4.78 is 5.33. The Labute approximate surface area is 167 Å². The van der Waals surface area contributed by atoms with E-state index in [2.05, 4.69) is 21.3 Å². The first-order valence-electron chi connectivity index (χ1n) is 8.33. The molecule has 0 saturated carbocycles. The average molecular weight is 467 g/mol. The molecule has 1 aliphatic heterocycles. The molecule has 0 aliphatic carbocycles. The van der Waals surface area contributed by atoms with Crippen LogP contribution in [0.15, 0.2) is 29.3 Å². The van der Waals surface area contributed by atoms with Gasteiger partial charge in [0.05, 0.1) is 13.2 Å². The molecule has 0 bridgehead atoms. The molecule has 0 radical (unpaired) electrons. The average Bonchev–Trinajstić information content (AvgIpc) is 2.58. The Kier molecular flexibility index (Phi) is 11.4. The molecule has 0 aromatic heterocycles. The van der Waals surface area contributed by atoms with Crippen LogP contribution in [0, 0.1) is 0 Å². The molecule has 7 heteroatoms. The third-order valence-corrected chi connectivity index (χ3v) is 4.27. The summed E-state index contributed by atoms with van der Waals surface area (Å²) in [6.07, 6.45) is 2.93. The van der Waals surface area contributed by atoms with Gasteiger partial charge in [-0.15, -0.1) is 24.0 Å². The number of hydrogen-bond donors (Lipinski definition) is 2. The second-order valence-electron chi connectivity index (χ2n) is 5.70. The lowest BCUT2D eigenvalue weighted by Crippen LogP contribution is -2.39. The molecule has 1 aliphatic rings. The van der Waals surface area contributed by atoms with Crippen LogP contribution in [0.2, 0.25) is 5.02 Å². The number of guanidine groups is 1. The zero-order valence-corrected chi connectivity index (χ0v) is 17.1. The van der Waals surface area contributed by atoms with E-state index in [1.165, 1.54) is 5.56 Å². The van der Waals surface area contributed by atoms with Crippen LogP contribution in [0.25, 0.3) is 0 Å². The SMILES string of the molecule is I.NC(=NCCCc1ccccc1Cl)NCCCN1CCOCC1. The molecule has 0 unspecified atom stereocenters. The number of nitrogens with one attached hydrogen (secondary N) is 1. The van der Waals surface area contributed by atoms with Gasteiger partial charge in [-0.1, -0.05) is 29.8 Å². The number of halogens is 2. The van der Waals surface area contributed by atoms with Crippen molar-refractivity contribution in [1.82, 2.24) is 10.2 Å². The van der Waals surface area contributed by atoms with Gasteiger partial charge in [-0.05, 0) is 37.4 Å². The minimum absolute atomic E-state index is 0.